The van der Waals surface area contributed by atoms with Crippen LogP contribution in [0, 0.1) is 11.8 Å². The summed E-state index contributed by atoms with van der Waals surface area (Å²) in [5.74, 6) is -0.464. The standard InChI is InChI=1S/C12H19NO4/c14-11(15)7-10(8-1-2-8)13-12(16)9-3-5-17-6-4-9/h8-10H,1-7H2,(H,13,16)(H,14,15). The molecule has 1 heterocycles. The highest BCUT2D eigenvalue weighted by Crippen LogP contribution is 2.34. The van der Waals surface area contributed by atoms with Crippen LogP contribution in [0.25, 0.3) is 0 Å². The number of hydrogen-bond donors (Lipinski definition) is 2. The van der Waals surface area contributed by atoms with Crippen molar-refractivity contribution in [1.29, 1.82) is 0 Å². The molecular weight excluding hydrogens is 222 g/mol. The topological polar surface area (TPSA) is 75.6 Å². The minimum absolute atomic E-state index is 0.00112. The number of carboxylic acids is 1. The van der Waals surface area contributed by atoms with Gasteiger partial charge in [-0.2, -0.15) is 0 Å². The van der Waals surface area contributed by atoms with Gasteiger partial charge in [-0.25, -0.2) is 0 Å². The molecule has 1 aliphatic heterocycles. The molecule has 2 N–H and O–H groups in total. The Morgan fingerprint density at radius 2 is 1.88 bits per heavy atom. The predicted octanol–water partition coefficient (Wildman–Crippen LogP) is 0.782. The van der Waals surface area contributed by atoms with Gasteiger partial charge in [-0.1, -0.05) is 0 Å². The lowest BCUT2D eigenvalue weighted by molar-refractivity contribution is -0.138. The van der Waals surface area contributed by atoms with Gasteiger partial charge in [0.25, 0.3) is 0 Å². The first kappa shape index (κ1) is 12.4. The first-order valence-electron chi connectivity index (χ1n) is 6.26. The van der Waals surface area contributed by atoms with Crippen molar-refractivity contribution in [2.45, 2.75) is 38.1 Å². The fourth-order valence-electron chi connectivity index (χ4n) is 2.28. The minimum Gasteiger partial charge on any atom is -0.481 e. The van der Waals surface area contributed by atoms with Crippen molar-refractivity contribution in [3.05, 3.63) is 0 Å². The second-order valence-electron chi connectivity index (χ2n) is 4.94. The molecule has 1 atom stereocenters. The third-order valence-corrected chi connectivity index (χ3v) is 3.51. The van der Waals surface area contributed by atoms with Crippen LogP contribution in [-0.4, -0.2) is 36.2 Å². The van der Waals surface area contributed by atoms with Crippen LogP contribution in [0.15, 0.2) is 0 Å². The quantitative estimate of drug-likeness (QED) is 0.746. The molecular formula is C12H19NO4. The molecule has 0 aromatic rings. The smallest absolute Gasteiger partial charge is 0.305 e. The van der Waals surface area contributed by atoms with Crippen molar-refractivity contribution in [3.63, 3.8) is 0 Å². The van der Waals surface area contributed by atoms with E-state index in [4.69, 9.17) is 9.84 Å². The Morgan fingerprint density at radius 3 is 2.41 bits per heavy atom. The number of amides is 1. The second-order valence-corrected chi connectivity index (χ2v) is 4.94. The summed E-state index contributed by atoms with van der Waals surface area (Å²) in [6.45, 7) is 1.26. The summed E-state index contributed by atoms with van der Waals surface area (Å²) in [6.07, 6.45) is 3.60. The van der Waals surface area contributed by atoms with Gasteiger partial charge in [0.1, 0.15) is 0 Å². The lowest BCUT2D eigenvalue weighted by Gasteiger charge is -2.24. The Kier molecular flexibility index (Phi) is 3.99. The number of carbonyl (C=O) groups excluding carboxylic acids is 1. The van der Waals surface area contributed by atoms with Gasteiger partial charge < -0.3 is 15.2 Å². The summed E-state index contributed by atoms with van der Waals surface area (Å²) in [5, 5.41) is 11.7. The fourth-order valence-corrected chi connectivity index (χ4v) is 2.28. The molecule has 2 rings (SSSR count). The van der Waals surface area contributed by atoms with Crippen molar-refractivity contribution in [1.82, 2.24) is 5.32 Å². The van der Waals surface area contributed by atoms with Crippen LogP contribution < -0.4 is 5.32 Å². The summed E-state index contributed by atoms with van der Waals surface area (Å²) in [6, 6.07) is -0.178. The molecule has 0 aromatic heterocycles. The zero-order valence-corrected chi connectivity index (χ0v) is 9.85. The zero-order chi connectivity index (χ0) is 12.3. The average Bonchev–Trinajstić information content (AvgIpc) is 3.12. The summed E-state index contributed by atoms with van der Waals surface area (Å²) >= 11 is 0. The second kappa shape index (κ2) is 5.49. The summed E-state index contributed by atoms with van der Waals surface area (Å²) < 4.78 is 5.21. The summed E-state index contributed by atoms with van der Waals surface area (Å²) in [5.41, 5.74) is 0. The van der Waals surface area contributed by atoms with Gasteiger partial charge in [0.05, 0.1) is 6.42 Å². The van der Waals surface area contributed by atoms with Crippen LogP contribution in [0.4, 0.5) is 0 Å². The maximum Gasteiger partial charge on any atom is 0.305 e. The van der Waals surface area contributed by atoms with Gasteiger partial charge in [-0.05, 0) is 31.6 Å². The van der Waals surface area contributed by atoms with Crippen LogP contribution in [0.1, 0.15) is 32.1 Å². The lowest BCUT2D eigenvalue weighted by Crippen LogP contribution is -2.42. The Hall–Kier alpha value is -1.10. The van der Waals surface area contributed by atoms with Gasteiger partial charge in [-0.3, -0.25) is 9.59 Å². The van der Waals surface area contributed by atoms with E-state index in [1.165, 1.54) is 0 Å². The third kappa shape index (κ3) is 3.70. The number of carbonyl (C=O) groups is 2. The lowest BCUT2D eigenvalue weighted by atomic mass is 9.98. The Bertz CT molecular complexity index is 295. The SMILES string of the molecule is O=C(O)CC(NC(=O)C1CCOCC1)C1CC1. The predicted molar refractivity (Wildman–Crippen MR) is 60.5 cm³/mol. The van der Waals surface area contributed by atoms with E-state index in [-0.39, 0.29) is 24.3 Å². The normalized spacial score (nSPS) is 23.1. The van der Waals surface area contributed by atoms with Gasteiger partial charge >= 0.3 is 5.97 Å². The highest BCUT2D eigenvalue weighted by molar-refractivity contribution is 5.80. The molecule has 1 unspecified atom stereocenters. The maximum atomic E-state index is 12.0. The highest BCUT2D eigenvalue weighted by atomic mass is 16.5. The van der Waals surface area contributed by atoms with Crippen molar-refractivity contribution in [3.8, 4) is 0 Å². The molecule has 0 spiro atoms. The fraction of sp³-hybridized carbons (Fsp3) is 0.833. The molecule has 1 saturated heterocycles. The first-order chi connectivity index (χ1) is 8.16. The number of nitrogens with one attached hydrogen (secondary N) is 1. The number of hydrogen-bond acceptors (Lipinski definition) is 3. The number of ether oxygens (including phenoxy) is 1. The molecule has 17 heavy (non-hydrogen) atoms. The Morgan fingerprint density at radius 1 is 1.24 bits per heavy atom. The van der Waals surface area contributed by atoms with E-state index in [1.54, 1.807) is 0 Å². The van der Waals surface area contributed by atoms with Crippen LogP contribution in [0.5, 0.6) is 0 Å². The Balaban J connectivity index is 1.83. The summed E-state index contributed by atoms with van der Waals surface area (Å²) in [7, 11) is 0. The third-order valence-electron chi connectivity index (χ3n) is 3.51. The van der Waals surface area contributed by atoms with Gasteiger partial charge in [0, 0.05) is 25.2 Å². The number of rotatable bonds is 5. The van der Waals surface area contributed by atoms with Gasteiger partial charge in [0.15, 0.2) is 0 Å². The van der Waals surface area contributed by atoms with Crippen LogP contribution >= 0.6 is 0 Å². The first-order valence-corrected chi connectivity index (χ1v) is 6.26. The molecule has 5 nitrogen and oxygen atoms in total. The monoisotopic (exact) mass is 241 g/mol. The molecule has 1 amide bonds. The van der Waals surface area contributed by atoms with Crippen LogP contribution in [0.3, 0.4) is 0 Å². The molecule has 2 fully saturated rings. The van der Waals surface area contributed by atoms with Crippen molar-refractivity contribution in [2.24, 2.45) is 11.8 Å². The van der Waals surface area contributed by atoms with Crippen molar-refractivity contribution < 1.29 is 19.4 Å². The van der Waals surface area contributed by atoms with E-state index >= 15 is 0 Å². The summed E-state index contributed by atoms with van der Waals surface area (Å²) in [4.78, 5) is 22.7. The van der Waals surface area contributed by atoms with Gasteiger partial charge in [-0.15, -0.1) is 0 Å². The van der Waals surface area contributed by atoms with Crippen LogP contribution in [0.2, 0.25) is 0 Å². The van der Waals surface area contributed by atoms with E-state index in [9.17, 15) is 9.59 Å². The molecule has 96 valence electrons. The number of aliphatic carboxylic acids is 1. The van der Waals surface area contributed by atoms with E-state index in [0.29, 0.717) is 19.1 Å². The largest absolute Gasteiger partial charge is 0.481 e. The van der Waals surface area contributed by atoms with Crippen LogP contribution in [-0.2, 0) is 14.3 Å². The van der Waals surface area contributed by atoms with Crippen molar-refractivity contribution in [2.75, 3.05) is 13.2 Å². The van der Waals surface area contributed by atoms with E-state index in [1.807, 2.05) is 0 Å². The van der Waals surface area contributed by atoms with Crippen molar-refractivity contribution >= 4 is 11.9 Å². The molecule has 1 aliphatic carbocycles. The van der Waals surface area contributed by atoms with E-state index in [2.05, 4.69) is 5.32 Å². The maximum absolute atomic E-state index is 12.0. The molecule has 0 aromatic carbocycles. The van der Waals surface area contributed by atoms with E-state index < -0.39 is 5.97 Å². The molecule has 1 saturated carbocycles. The molecule has 5 heteroatoms. The number of carboxylic acid groups (broad SMARTS) is 1. The molecule has 0 radical (unpaired) electrons. The Labute approximate surface area is 101 Å². The highest BCUT2D eigenvalue weighted by Gasteiger charge is 2.35. The van der Waals surface area contributed by atoms with E-state index in [0.717, 1.165) is 25.7 Å². The zero-order valence-electron chi connectivity index (χ0n) is 9.85. The average molecular weight is 241 g/mol. The molecule has 0 bridgehead atoms. The minimum atomic E-state index is -0.839. The van der Waals surface area contributed by atoms with Gasteiger partial charge in [0.2, 0.25) is 5.91 Å². The molecule has 2 aliphatic rings.